The molecule has 0 aliphatic carbocycles. The number of benzene rings is 2. The highest BCUT2D eigenvalue weighted by atomic mass is 35.5. The minimum atomic E-state index is -3.58. The molecule has 0 aliphatic heterocycles. The molecule has 1 heterocycles. The maximum atomic E-state index is 12.2. The van der Waals surface area contributed by atoms with E-state index in [1.54, 1.807) is 24.5 Å². The molecule has 3 rings (SSSR count). The number of nitrogens with one attached hydrogen (secondary N) is 1. The summed E-state index contributed by atoms with van der Waals surface area (Å²) >= 11 is 5.94. The SMILES string of the molecule is O=S(=O)(NCCCn1cnc2ccccc21)c1ccccc1Cl. The summed E-state index contributed by atoms with van der Waals surface area (Å²) in [5.74, 6) is 0. The summed E-state index contributed by atoms with van der Waals surface area (Å²) in [7, 11) is -3.58. The van der Waals surface area contributed by atoms with E-state index in [0.717, 1.165) is 11.0 Å². The maximum absolute atomic E-state index is 12.2. The zero-order valence-corrected chi connectivity index (χ0v) is 13.9. The van der Waals surface area contributed by atoms with Gasteiger partial charge in [-0.1, -0.05) is 35.9 Å². The lowest BCUT2D eigenvalue weighted by atomic mass is 10.3. The van der Waals surface area contributed by atoms with Crippen LogP contribution in [0.5, 0.6) is 0 Å². The van der Waals surface area contributed by atoms with Gasteiger partial charge < -0.3 is 4.57 Å². The molecule has 0 fully saturated rings. The zero-order valence-electron chi connectivity index (χ0n) is 12.3. The van der Waals surface area contributed by atoms with Gasteiger partial charge in [0.1, 0.15) is 4.90 Å². The number of aromatic nitrogens is 2. The number of hydrogen-bond donors (Lipinski definition) is 1. The Bertz CT molecular complexity index is 922. The number of halogens is 1. The first-order valence-corrected chi connectivity index (χ1v) is 9.08. The van der Waals surface area contributed by atoms with Crippen molar-refractivity contribution < 1.29 is 8.42 Å². The second-order valence-corrected chi connectivity index (χ2v) is 7.25. The highest BCUT2D eigenvalue weighted by Crippen LogP contribution is 2.20. The van der Waals surface area contributed by atoms with E-state index in [-0.39, 0.29) is 9.92 Å². The Labute approximate surface area is 140 Å². The smallest absolute Gasteiger partial charge is 0.242 e. The molecule has 0 saturated carbocycles. The van der Waals surface area contributed by atoms with Crippen LogP contribution < -0.4 is 4.72 Å². The van der Waals surface area contributed by atoms with Crippen LogP contribution in [-0.2, 0) is 16.6 Å². The fourth-order valence-electron chi connectivity index (χ4n) is 2.38. The third-order valence-corrected chi connectivity index (χ3v) is 5.48. The molecule has 0 amide bonds. The number of fused-ring (bicyclic) bond motifs is 1. The fourth-order valence-corrected chi connectivity index (χ4v) is 3.98. The lowest BCUT2D eigenvalue weighted by Crippen LogP contribution is -2.25. The molecule has 1 N–H and O–H groups in total. The number of hydrogen-bond acceptors (Lipinski definition) is 3. The van der Waals surface area contributed by atoms with E-state index in [1.165, 1.54) is 6.07 Å². The number of para-hydroxylation sites is 2. The van der Waals surface area contributed by atoms with Gasteiger partial charge in [0.25, 0.3) is 0 Å². The van der Waals surface area contributed by atoms with Gasteiger partial charge in [-0.15, -0.1) is 0 Å². The molecule has 0 spiro atoms. The molecule has 0 bridgehead atoms. The second-order valence-electron chi connectivity index (χ2n) is 5.11. The molecule has 120 valence electrons. The van der Waals surface area contributed by atoms with Crippen LogP contribution in [0.15, 0.2) is 59.8 Å². The summed E-state index contributed by atoms with van der Waals surface area (Å²) < 4.78 is 29.0. The Morgan fingerprint density at radius 1 is 1.09 bits per heavy atom. The Hall–Kier alpha value is -1.89. The van der Waals surface area contributed by atoms with Crippen molar-refractivity contribution in [3.05, 3.63) is 59.9 Å². The molecule has 0 saturated heterocycles. The zero-order chi connectivity index (χ0) is 16.3. The molecule has 7 heteroatoms. The molecule has 0 radical (unpaired) electrons. The largest absolute Gasteiger partial charge is 0.331 e. The van der Waals surface area contributed by atoms with Gasteiger partial charge in [0.05, 0.1) is 22.4 Å². The lowest BCUT2D eigenvalue weighted by Gasteiger charge is -2.09. The Morgan fingerprint density at radius 3 is 2.65 bits per heavy atom. The standard InChI is InChI=1S/C16H16ClN3O2S/c17-13-6-1-4-9-16(13)23(21,22)19-10-5-11-20-12-18-14-7-2-3-8-15(14)20/h1-4,6-9,12,19H,5,10-11H2. The van der Waals surface area contributed by atoms with Crippen molar-refractivity contribution in [3.8, 4) is 0 Å². The van der Waals surface area contributed by atoms with Crippen molar-refractivity contribution in [2.24, 2.45) is 0 Å². The Morgan fingerprint density at radius 2 is 1.83 bits per heavy atom. The molecule has 0 unspecified atom stereocenters. The van der Waals surface area contributed by atoms with Crippen LogP contribution >= 0.6 is 11.6 Å². The molecule has 0 aliphatic rings. The summed E-state index contributed by atoms with van der Waals surface area (Å²) in [6, 6.07) is 14.3. The average Bonchev–Trinajstić information content (AvgIpc) is 2.95. The van der Waals surface area contributed by atoms with Crippen LogP contribution in [0, 0.1) is 0 Å². The average molecular weight is 350 g/mol. The summed E-state index contributed by atoms with van der Waals surface area (Å²) in [5.41, 5.74) is 1.98. The fraction of sp³-hybridized carbons (Fsp3) is 0.188. The third kappa shape index (κ3) is 3.55. The van der Waals surface area contributed by atoms with Gasteiger partial charge in [-0.2, -0.15) is 0 Å². The van der Waals surface area contributed by atoms with Crippen LogP contribution in [0.4, 0.5) is 0 Å². The van der Waals surface area contributed by atoms with Gasteiger partial charge >= 0.3 is 0 Å². The summed E-state index contributed by atoms with van der Waals surface area (Å²) in [6.45, 7) is 1.02. The minimum Gasteiger partial charge on any atom is -0.331 e. The van der Waals surface area contributed by atoms with Crippen molar-refractivity contribution >= 4 is 32.7 Å². The van der Waals surface area contributed by atoms with E-state index in [2.05, 4.69) is 9.71 Å². The minimum absolute atomic E-state index is 0.106. The van der Waals surface area contributed by atoms with Crippen molar-refractivity contribution in [2.75, 3.05) is 6.54 Å². The first-order valence-electron chi connectivity index (χ1n) is 7.22. The quantitative estimate of drug-likeness (QED) is 0.696. The normalized spacial score (nSPS) is 11.9. The predicted molar refractivity (Wildman–Crippen MR) is 91.0 cm³/mol. The maximum Gasteiger partial charge on any atom is 0.242 e. The van der Waals surface area contributed by atoms with Crippen LogP contribution in [0.3, 0.4) is 0 Å². The number of nitrogens with zero attached hydrogens (tertiary/aromatic N) is 2. The lowest BCUT2D eigenvalue weighted by molar-refractivity contribution is 0.571. The number of aryl methyl sites for hydroxylation is 1. The van der Waals surface area contributed by atoms with Gasteiger partial charge in [0.2, 0.25) is 10.0 Å². The topological polar surface area (TPSA) is 64.0 Å². The summed E-state index contributed by atoms with van der Waals surface area (Å²) in [6.07, 6.45) is 2.43. The molecular weight excluding hydrogens is 334 g/mol. The van der Waals surface area contributed by atoms with E-state index in [0.29, 0.717) is 19.5 Å². The van der Waals surface area contributed by atoms with Gasteiger partial charge in [-0.05, 0) is 30.7 Å². The van der Waals surface area contributed by atoms with Crippen molar-refractivity contribution in [1.29, 1.82) is 0 Å². The van der Waals surface area contributed by atoms with E-state index < -0.39 is 10.0 Å². The highest BCUT2D eigenvalue weighted by Gasteiger charge is 2.16. The second kappa shape index (κ2) is 6.70. The summed E-state index contributed by atoms with van der Waals surface area (Å²) in [4.78, 5) is 4.42. The monoisotopic (exact) mass is 349 g/mol. The van der Waals surface area contributed by atoms with Crippen molar-refractivity contribution in [3.63, 3.8) is 0 Å². The van der Waals surface area contributed by atoms with Gasteiger partial charge in [0, 0.05) is 13.1 Å². The molecule has 3 aromatic rings. The number of imidazole rings is 1. The number of rotatable bonds is 6. The van der Waals surface area contributed by atoms with Crippen molar-refractivity contribution in [2.45, 2.75) is 17.9 Å². The van der Waals surface area contributed by atoms with E-state index in [9.17, 15) is 8.42 Å². The van der Waals surface area contributed by atoms with E-state index in [1.807, 2.05) is 28.8 Å². The van der Waals surface area contributed by atoms with Crippen LogP contribution in [0.2, 0.25) is 5.02 Å². The molecule has 1 aromatic heterocycles. The molecule has 5 nitrogen and oxygen atoms in total. The molecular formula is C16H16ClN3O2S. The first kappa shape index (κ1) is 16.0. The summed E-state index contributed by atoms with van der Waals surface area (Å²) in [5, 5.41) is 0.223. The molecule has 2 aromatic carbocycles. The predicted octanol–water partition coefficient (Wildman–Crippen LogP) is 3.06. The highest BCUT2D eigenvalue weighted by molar-refractivity contribution is 7.89. The van der Waals surface area contributed by atoms with Crippen molar-refractivity contribution in [1.82, 2.24) is 14.3 Å². The van der Waals surface area contributed by atoms with Gasteiger partial charge in [0.15, 0.2) is 0 Å². The van der Waals surface area contributed by atoms with E-state index >= 15 is 0 Å². The number of sulfonamides is 1. The third-order valence-electron chi connectivity index (χ3n) is 3.52. The van der Waals surface area contributed by atoms with Crippen LogP contribution in [0.25, 0.3) is 11.0 Å². The Kier molecular flexibility index (Phi) is 4.66. The van der Waals surface area contributed by atoms with E-state index in [4.69, 9.17) is 11.6 Å². The van der Waals surface area contributed by atoms with Gasteiger partial charge in [-0.3, -0.25) is 0 Å². The van der Waals surface area contributed by atoms with Crippen LogP contribution in [0.1, 0.15) is 6.42 Å². The first-order chi connectivity index (χ1) is 11.1. The molecule has 23 heavy (non-hydrogen) atoms. The molecule has 0 atom stereocenters. The van der Waals surface area contributed by atoms with Crippen LogP contribution in [-0.4, -0.2) is 24.5 Å². The van der Waals surface area contributed by atoms with Gasteiger partial charge in [-0.25, -0.2) is 18.1 Å². The Balaban J connectivity index is 1.60.